The van der Waals surface area contributed by atoms with E-state index in [0.29, 0.717) is 25.6 Å². The molecule has 0 atom stereocenters. The van der Waals surface area contributed by atoms with Crippen molar-refractivity contribution in [1.29, 1.82) is 0 Å². The van der Waals surface area contributed by atoms with Gasteiger partial charge in [0.2, 0.25) is 10.0 Å². The van der Waals surface area contributed by atoms with Gasteiger partial charge in [-0.2, -0.15) is 0 Å². The van der Waals surface area contributed by atoms with E-state index in [2.05, 4.69) is 58.6 Å². The summed E-state index contributed by atoms with van der Waals surface area (Å²) in [6.07, 6.45) is 0.723. The molecule has 2 rings (SSSR count). The van der Waals surface area contributed by atoms with Crippen LogP contribution in [0.2, 0.25) is 0 Å². The summed E-state index contributed by atoms with van der Waals surface area (Å²) in [5, 5.41) is 6.48. The molecule has 0 spiro atoms. The molecule has 8 heteroatoms. The Hall–Kier alpha value is -1.80. The van der Waals surface area contributed by atoms with Crippen LogP contribution in [0.5, 0.6) is 0 Å². The van der Waals surface area contributed by atoms with Crippen molar-refractivity contribution in [3.8, 4) is 0 Å². The first kappa shape index (κ1) is 20.5. The zero-order valence-corrected chi connectivity index (χ0v) is 16.8. The minimum absolute atomic E-state index is 0.270. The molecule has 2 N–H and O–H groups in total. The van der Waals surface area contributed by atoms with Gasteiger partial charge in [0.25, 0.3) is 0 Å². The number of nitrogens with one attached hydrogen (secondary N) is 2. The van der Waals surface area contributed by atoms with E-state index in [0.717, 1.165) is 26.1 Å². The molecule has 7 nitrogen and oxygen atoms in total. The van der Waals surface area contributed by atoms with Gasteiger partial charge < -0.3 is 15.5 Å². The van der Waals surface area contributed by atoms with Crippen LogP contribution >= 0.6 is 0 Å². The zero-order valence-electron chi connectivity index (χ0n) is 16.0. The van der Waals surface area contributed by atoms with Crippen molar-refractivity contribution in [2.45, 2.75) is 20.3 Å². The second kappa shape index (κ2) is 9.78. The van der Waals surface area contributed by atoms with E-state index >= 15 is 0 Å². The number of aryl methyl sites for hydroxylation is 1. The molecule has 1 fully saturated rings. The topological polar surface area (TPSA) is 77.0 Å². The smallest absolute Gasteiger partial charge is 0.214 e. The number of anilines is 1. The van der Waals surface area contributed by atoms with Gasteiger partial charge in [-0.3, -0.25) is 4.99 Å². The number of sulfonamides is 1. The maximum Gasteiger partial charge on any atom is 0.214 e. The van der Waals surface area contributed by atoms with Crippen molar-refractivity contribution in [3.63, 3.8) is 0 Å². The number of hydrogen-bond donors (Lipinski definition) is 2. The second-order valence-electron chi connectivity index (χ2n) is 6.41. The first-order valence-electron chi connectivity index (χ1n) is 9.20. The lowest BCUT2D eigenvalue weighted by Gasteiger charge is -2.24. The highest BCUT2D eigenvalue weighted by Gasteiger charge is 2.27. The summed E-state index contributed by atoms with van der Waals surface area (Å²) in [5.41, 5.74) is 2.47. The summed E-state index contributed by atoms with van der Waals surface area (Å²) < 4.78 is 25.1. The predicted octanol–water partition coefficient (Wildman–Crippen LogP) is 1.02. The molecule has 26 heavy (non-hydrogen) atoms. The summed E-state index contributed by atoms with van der Waals surface area (Å²) >= 11 is 0. The van der Waals surface area contributed by atoms with Crippen molar-refractivity contribution >= 4 is 21.7 Å². The van der Waals surface area contributed by atoms with Crippen LogP contribution in [-0.4, -0.2) is 70.8 Å². The van der Waals surface area contributed by atoms with Crippen LogP contribution in [0.15, 0.2) is 29.3 Å². The lowest BCUT2D eigenvalue weighted by atomic mass is 10.2. The van der Waals surface area contributed by atoms with Crippen LogP contribution in [0.25, 0.3) is 0 Å². The van der Waals surface area contributed by atoms with E-state index in [1.54, 1.807) is 11.4 Å². The largest absolute Gasteiger partial charge is 0.370 e. The number of hydrogen-bond acceptors (Lipinski definition) is 4. The number of guanidine groups is 1. The number of nitrogens with zero attached hydrogens (tertiary/aromatic N) is 3. The van der Waals surface area contributed by atoms with E-state index in [9.17, 15) is 8.42 Å². The highest BCUT2D eigenvalue weighted by molar-refractivity contribution is 7.89. The third-order valence-corrected chi connectivity index (χ3v) is 6.46. The maximum absolute atomic E-state index is 11.8. The molecular formula is C18H31N5O2S. The SMILES string of the molecule is CCN(CCNC(=NC)NCCN1CCCS1(=O)=O)c1cccc(C)c1. The van der Waals surface area contributed by atoms with Crippen LogP contribution < -0.4 is 15.5 Å². The summed E-state index contributed by atoms with van der Waals surface area (Å²) in [6.45, 7) is 8.45. The molecule has 0 bridgehead atoms. The standard InChI is InChI=1S/C18H31N5O2S/c1-4-22(17-8-5-7-16(2)15-17)12-9-20-18(19-3)21-10-13-23-11-6-14-26(23,24)25/h5,7-8,15H,4,6,9-14H2,1-3H3,(H2,19,20,21). The average molecular weight is 382 g/mol. The van der Waals surface area contributed by atoms with Gasteiger partial charge in [0.15, 0.2) is 5.96 Å². The molecule has 0 unspecified atom stereocenters. The van der Waals surface area contributed by atoms with Gasteiger partial charge in [-0.25, -0.2) is 12.7 Å². The van der Waals surface area contributed by atoms with Gasteiger partial charge >= 0.3 is 0 Å². The molecule has 146 valence electrons. The molecule has 1 aromatic carbocycles. The lowest BCUT2D eigenvalue weighted by molar-refractivity contribution is 0.445. The van der Waals surface area contributed by atoms with Crippen LogP contribution in [-0.2, 0) is 10.0 Å². The van der Waals surface area contributed by atoms with Crippen molar-refractivity contribution < 1.29 is 8.42 Å². The molecule has 1 saturated heterocycles. The van der Waals surface area contributed by atoms with E-state index < -0.39 is 10.0 Å². The van der Waals surface area contributed by atoms with Crippen molar-refractivity contribution in [2.24, 2.45) is 4.99 Å². The summed E-state index contributed by atoms with van der Waals surface area (Å²) in [7, 11) is -1.31. The minimum Gasteiger partial charge on any atom is -0.370 e. The molecule has 1 aromatic rings. The van der Waals surface area contributed by atoms with Crippen LogP contribution in [0.4, 0.5) is 5.69 Å². The van der Waals surface area contributed by atoms with Crippen molar-refractivity contribution in [1.82, 2.24) is 14.9 Å². The lowest BCUT2D eigenvalue weighted by Crippen LogP contribution is -2.44. The number of benzene rings is 1. The molecule has 1 heterocycles. The monoisotopic (exact) mass is 381 g/mol. The van der Waals surface area contributed by atoms with E-state index in [4.69, 9.17) is 0 Å². The van der Waals surface area contributed by atoms with E-state index in [1.165, 1.54) is 11.3 Å². The van der Waals surface area contributed by atoms with Gasteiger partial charge in [0.1, 0.15) is 0 Å². The minimum atomic E-state index is -3.03. The van der Waals surface area contributed by atoms with Gasteiger partial charge in [0.05, 0.1) is 5.75 Å². The second-order valence-corrected chi connectivity index (χ2v) is 8.50. The molecule has 1 aliphatic rings. The fourth-order valence-corrected chi connectivity index (χ4v) is 4.59. The number of aliphatic imine (C=N–C) groups is 1. The van der Waals surface area contributed by atoms with Crippen molar-refractivity contribution in [3.05, 3.63) is 29.8 Å². The van der Waals surface area contributed by atoms with Gasteiger partial charge in [-0.15, -0.1) is 0 Å². The molecule has 0 radical (unpaired) electrons. The summed E-state index contributed by atoms with van der Waals surface area (Å²) in [6, 6.07) is 8.49. The maximum atomic E-state index is 11.8. The molecular weight excluding hydrogens is 350 g/mol. The Morgan fingerprint density at radius 2 is 2.08 bits per heavy atom. The Bertz CT molecular complexity index is 705. The third kappa shape index (κ3) is 5.88. The Labute approximate surface area is 157 Å². The van der Waals surface area contributed by atoms with Gasteiger partial charge in [0, 0.05) is 52.0 Å². The van der Waals surface area contributed by atoms with Gasteiger partial charge in [-0.1, -0.05) is 12.1 Å². The molecule has 0 saturated carbocycles. The van der Waals surface area contributed by atoms with E-state index in [1.807, 2.05) is 0 Å². The average Bonchev–Trinajstić information content (AvgIpc) is 2.95. The third-order valence-electron chi connectivity index (χ3n) is 4.50. The summed E-state index contributed by atoms with van der Waals surface area (Å²) in [4.78, 5) is 6.52. The number of likely N-dealkylation sites (N-methyl/N-ethyl adjacent to an activating group) is 1. The quantitative estimate of drug-likeness (QED) is 0.519. The highest BCUT2D eigenvalue weighted by Crippen LogP contribution is 2.15. The first-order valence-corrected chi connectivity index (χ1v) is 10.8. The van der Waals surface area contributed by atoms with Crippen molar-refractivity contribution in [2.75, 3.05) is 57.0 Å². The Morgan fingerprint density at radius 1 is 1.31 bits per heavy atom. The molecule has 0 aromatic heterocycles. The fraction of sp³-hybridized carbons (Fsp3) is 0.611. The van der Waals surface area contributed by atoms with Gasteiger partial charge in [-0.05, 0) is 38.0 Å². The summed E-state index contributed by atoms with van der Waals surface area (Å²) in [5.74, 6) is 0.966. The molecule has 1 aliphatic heterocycles. The Balaban J connectivity index is 1.74. The number of rotatable bonds is 8. The molecule has 0 amide bonds. The normalized spacial score (nSPS) is 17.3. The highest BCUT2D eigenvalue weighted by atomic mass is 32.2. The fourth-order valence-electron chi connectivity index (χ4n) is 3.07. The van der Waals surface area contributed by atoms with E-state index in [-0.39, 0.29) is 5.75 Å². The first-order chi connectivity index (χ1) is 12.5. The zero-order chi connectivity index (χ0) is 19.0. The van der Waals surface area contributed by atoms with Crippen LogP contribution in [0.3, 0.4) is 0 Å². The van der Waals surface area contributed by atoms with Crippen LogP contribution in [0, 0.1) is 6.92 Å². The van der Waals surface area contributed by atoms with Crippen LogP contribution in [0.1, 0.15) is 18.9 Å². The Morgan fingerprint density at radius 3 is 2.69 bits per heavy atom. The Kier molecular flexibility index (Phi) is 7.71. The predicted molar refractivity (Wildman–Crippen MR) is 108 cm³/mol. The molecule has 0 aliphatic carbocycles.